The van der Waals surface area contributed by atoms with Crippen molar-refractivity contribution in [3.8, 4) is 0 Å². The first kappa shape index (κ1) is 13.4. The average molecular weight is 253 g/mol. The monoisotopic (exact) mass is 253 g/mol. The molecule has 2 saturated carbocycles. The first-order chi connectivity index (χ1) is 8.59. The Morgan fingerprint density at radius 3 is 2.44 bits per heavy atom. The van der Waals surface area contributed by atoms with Gasteiger partial charge in [-0.15, -0.1) is 0 Å². The number of carboxylic acid groups (broad SMARTS) is 1. The van der Waals surface area contributed by atoms with Gasteiger partial charge in [-0.05, 0) is 37.0 Å². The van der Waals surface area contributed by atoms with Crippen molar-refractivity contribution in [3.63, 3.8) is 0 Å². The van der Waals surface area contributed by atoms with Crippen LogP contribution in [-0.4, -0.2) is 23.5 Å². The van der Waals surface area contributed by atoms with Crippen LogP contribution in [0.25, 0.3) is 0 Å². The number of hydrogen-bond acceptors (Lipinski definition) is 2. The first-order valence-corrected chi connectivity index (χ1v) is 7.09. The average Bonchev–Trinajstić information content (AvgIpc) is 3.07. The van der Waals surface area contributed by atoms with Crippen LogP contribution in [0.2, 0.25) is 0 Å². The molecule has 2 aliphatic rings. The Bertz CT molecular complexity index is 317. The van der Waals surface area contributed by atoms with E-state index in [0.29, 0.717) is 24.8 Å². The Morgan fingerprint density at radius 1 is 1.28 bits per heavy atom. The summed E-state index contributed by atoms with van der Waals surface area (Å²) < 4.78 is 0. The number of fused-ring (bicyclic) bond motifs is 1. The molecule has 2 fully saturated rings. The summed E-state index contributed by atoms with van der Waals surface area (Å²) in [5.41, 5.74) is 0. The maximum Gasteiger partial charge on any atom is 0.303 e. The van der Waals surface area contributed by atoms with Gasteiger partial charge in [0.2, 0.25) is 5.91 Å². The van der Waals surface area contributed by atoms with E-state index in [9.17, 15) is 9.59 Å². The van der Waals surface area contributed by atoms with Crippen molar-refractivity contribution in [3.05, 3.63) is 0 Å². The van der Waals surface area contributed by atoms with E-state index in [-0.39, 0.29) is 24.2 Å². The summed E-state index contributed by atoms with van der Waals surface area (Å²) in [7, 11) is 0. The molecule has 0 heterocycles. The zero-order valence-corrected chi connectivity index (χ0v) is 11.0. The lowest BCUT2D eigenvalue weighted by molar-refractivity contribution is -0.137. The lowest BCUT2D eigenvalue weighted by Gasteiger charge is -2.11. The minimum atomic E-state index is -0.763. The third-order valence-corrected chi connectivity index (χ3v) is 4.44. The fraction of sp³-hybridized carbons (Fsp3) is 0.857. The Hall–Kier alpha value is -1.06. The van der Waals surface area contributed by atoms with E-state index in [4.69, 9.17) is 5.11 Å². The van der Waals surface area contributed by atoms with Crippen LogP contribution in [0, 0.1) is 23.7 Å². The summed E-state index contributed by atoms with van der Waals surface area (Å²) in [6.07, 6.45) is 5.81. The Labute approximate surface area is 108 Å². The van der Waals surface area contributed by atoms with Gasteiger partial charge in [-0.1, -0.05) is 19.8 Å². The molecule has 18 heavy (non-hydrogen) atoms. The molecule has 0 aromatic heterocycles. The molecule has 2 rings (SSSR count). The van der Waals surface area contributed by atoms with Crippen LogP contribution < -0.4 is 5.32 Å². The Kier molecular flexibility index (Phi) is 4.25. The third-order valence-electron chi connectivity index (χ3n) is 4.44. The van der Waals surface area contributed by atoms with Crippen molar-refractivity contribution in [2.75, 3.05) is 6.54 Å². The normalized spacial score (nSPS) is 31.3. The highest BCUT2D eigenvalue weighted by Crippen LogP contribution is 2.55. The molecule has 102 valence electrons. The summed E-state index contributed by atoms with van der Waals surface area (Å²) in [4.78, 5) is 22.4. The number of nitrogens with one attached hydrogen (secondary N) is 1. The van der Waals surface area contributed by atoms with Gasteiger partial charge in [0.1, 0.15) is 0 Å². The quantitative estimate of drug-likeness (QED) is 0.761. The van der Waals surface area contributed by atoms with Crippen LogP contribution in [0.15, 0.2) is 0 Å². The predicted octanol–water partition coefficient (Wildman–Crippen LogP) is 2.04. The summed E-state index contributed by atoms with van der Waals surface area (Å²) in [6, 6.07) is 0. The van der Waals surface area contributed by atoms with Gasteiger partial charge in [0.25, 0.3) is 0 Å². The van der Waals surface area contributed by atoms with Crippen LogP contribution in [0.1, 0.15) is 45.4 Å². The van der Waals surface area contributed by atoms with E-state index in [1.54, 1.807) is 0 Å². The standard InChI is InChI=1S/C14H23NO3/c1-9(6-7-12(16)17)8-15-14(18)13-10-4-2-3-5-11(10)13/h9-11,13H,2-8H2,1H3,(H,15,18)(H,16,17). The molecule has 0 radical (unpaired) electrons. The SMILES string of the molecule is CC(CCC(=O)O)CNC(=O)C1C2CCCCC21. The molecule has 0 aromatic carbocycles. The number of aliphatic carboxylic acids is 1. The molecule has 0 saturated heterocycles. The maximum atomic E-state index is 12.0. The highest BCUT2D eigenvalue weighted by Gasteiger charge is 2.54. The molecule has 2 N–H and O–H groups in total. The zero-order valence-electron chi connectivity index (χ0n) is 11.0. The molecular weight excluding hydrogens is 230 g/mol. The molecule has 4 nitrogen and oxygen atoms in total. The van der Waals surface area contributed by atoms with Crippen LogP contribution in [0.3, 0.4) is 0 Å². The topological polar surface area (TPSA) is 66.4 Å². The van der Waals surface area contributed by atoms with Crippen molar-refractivity contribution < 1.29 is 14.7 Å². The molecule has 0 aromatic rings. The van der Waals surface area contributed by atoms with Crippen molar-refractivity contribution >= 4 is 11.9 Å². The van der Waals surface area contributed by atoms with E-state index < -0.39 is 5.97 Å². The minimum Gasteiger partial charge on any atom is -0.481 e. The van der Waals surface area contributed by atoms with E-state index >= 15 is 0 Å². The van der Waals surface area contributed by atoms with Crippen molar-refractivity contribution in [1.82, 2.24) is 5.32 Å². The number of rotatable bonds is 6. The summed E-state index contributed by atoms with van der Waals surface area (Å²) in [5.74, 6) is 1.24. The van der Waals surface area contributed by atoms with Crippen LogP contribution >= 0.6 is 0 Å². The van der Waals surface area contributed by atoms with Crippen molar-refractivity contribution in [2.45, 2.75) is 45.4 Å². The van der Waals surface area contributed by atoms with E-state index in [1.807, 2.05) is 6.92 Å². The molecule has 0 bridgehead atoms. The highest BCUT2D eigenvalue weighted by molar-refractivity contribution is 5.82. The van der Waals surface area contributed by atoms with E-state index in [1.165, 1.54) is 25.7 Å². The number of amides is 1. The summed E-state index contributed by atoms with van der Waals surface area (Å²) >= 11 is 0. The number of carbonyl (C=O) groups is 2. The molecule has 4 heteroatoms. The number of hydrogen-bond donors (Lipinski definition) is 2. The summed E-state index contributed by atoms with van der Waals surface area (Å²) in [6.45, 7) is 2.60. The lowest BCUT2D eigenvalue weighted by atomic mass is 10.0. The van der Waals surface area contributed by atoms with Crippen LogP contribution in [0.5, 0.6) is 0 Å². The second-order valence-electron chi connectivity index (χ2n) is 5.92. The number of carbonyl (C=O) groups excluding carboxylic acids is 1. The van der Waals surface area contributed by atoms with Crippen LogP contribution in [-0.2, 0) is 9.59 Å². The van der Waals surface area contributed by atoms with Gasteiger partial charge in [0.05, 0.1) is 0 Å². The number of carboxylic acids is 1. The molecule has 2 aliphatic carbocycles. The van der Waals surface area contributed by atoms with Gasteiger partial charge in [-0.2, -0.15) is 0 Å². The summed E-state index contributed by atoms with van der Waals surface area (Å²) in [5, 5.41) is 11.6. The zero-order chi connectivity index (χ0) is 13.1. The first-order valence-electron chi connectivity index (χ1n) is 7.09. The Morgan fingerprint density at radius 2 is 1.89 bits per heavy atom. The highest BCUT2D eigenvalue weighted by atomic mass is 16.4. The van der Waals surface area contributed by atoms with Gasteiger partial charge >= 0.3 is 5.97 Å². The van der Waals surface area contributed by atoms with Gasteiger partial charge in [-0.3, -0.25) is 9.59 Å². The second-order valence-corrected chi connectivity index (χ2v) is 5.92. The van der Waals surface area contributed by atoms with Crippen LogP contribution in [0.4, 0.5) is 0 Å². The van der Waals surface area contributed by atoms with E-state index in [2.05, 4.69) is 5.32 Å². The largest absolute Gasteiger partial charge is 0.481 e. The molecule has 1 amide bonds. The smallest absolute Gasteiger partial charge is 0.303 e. The second kappa shape index (κ2) is 5.72. The van der Waals surface area contributed by atoms with Gasteiger partial charge in [0.15, 0.2) is 0 Å². The fourth-order valence-electron chi connectivity index (χ4n) is 3.25. The molecule has 3 unspecified atom stereocenters. The lowest BCUT2D eigenvalue weighted by Crippen LogP contribution is -2.30. The minimum absolute atomic E-state index is 0.186. The predicted molar refractivity (Wildman–Crippen MR) is 68.0 cm³/mol. The molecule has 0 aliphatic heterocycles. The fourth-order valence-corrected chi connectivity index (χ4v) is 3.25. The molecular formula is C14H23NO3. The molecule has 0 spiro atoms. The van der Waals surface area contributed by atoms with Gasteiger partial charge in [0, 0.05) is 18.9 Å². The van der Waals surface area contributed by atoms with Gasteiger partial charge < -0.3 is 10.4 Å². The van der Waals surface area contributed by atoms with Crippen molar-refractivity contribution in [2.24, 2.45) is 23.7 Å². The van der Waals surface area contributed by atoms with Crippen molar-refractivity contribution in [1.29, 1.82) is 0 Å². The maximum absolute atomic E-state index is 12.0. The van der Waals surface area contributed by atoms with Gasteiger partial charge in [-0.25, -0.2) is 0 Å². The Balaban J connectivity index is 1.64. The third kappa shape index (κ3) is 3.24. The van der Waals surface area contributed by atoms with E-state index in [0.717, 1.165) is 0 Å². The molecule has 3 atom stereocenters.